The number of benzene rings is 1. The lowest BCUT2D eigenvalue weighted by molar-refractivity contribution is 0.346. The molecule has 1 rings (SSSR count). The van der Waals surface area contributed by atoms with Crippen molar-refractivity contribution in [2.45, 2.75) is 6.17 Å². The monoisotopic (exact) mass is 200 g/mol. The highest BCUT2D eigenvalue weighted by Crippen LogP contribution is 2.13. The second-order valence-corrected chi connectivity index (χ2v) is 3.19. The quantitative estimate of drug-likeness (QED) is 0.799. The molecule has 0 aliphatic heterocycles. The van der Waals surface area contributed by atoms with Crippen molar-refractivity contribution in [2.75, 3.05) is 25.0 Å². The van der Waals surface area contributed by atoms with Crippen molar-refractivity contribution in [3.8, 4) is 0 Å². The van der Waals surface area contributed by atoms with Crippen molar-refractivity contribution in [3.63, 3.8) is 0 Å². The molecule has 0 radical (unpaired) electrons. The summed E-state index contributed by atoms with van der Waals surface area (Å²) < 4.78 is 25.5. The minimum absolute atomic E-state index is 0.00549. The van der Waals surface area contributed by atoms with Gasteiger partial charge in [-0.2, -0.15) is 0 Å². The number of hydrogen-bond acceptors (Lipinski definition) is 2. The van der Waals surface area contributed by atoms with Gasteiger partial charge in [-0.05, 0) is 24.3 Å². The van der Waals surface area contributed by atoms with E-state index >= 15 is 0 Å². The molecule has 2 nitrogen and oxygen atoms in total. The predicted octanol–water partition coefficient (Wildman–Crippen LogP) is 1.56. The Labute approximate surface area is 82.3 Å². The van der Waals surface area contributed by atoms with Gasteiger partial charge in [0.05, 0.1) is 6.54 Å². The van der Waals surface area contributed by atoms with Gasteiger partial charge < -0.3 is 10.6 Å². The molecule has 0 fully saturated rings. The van der Waals surface area contributed by atoms with Gasteiger partial charge in [-0.1, -0.05) is 0 Å². The van der Waals surface area contributed by atoms with Crippen LogP contribution in [-0.2, 0) is 0 Å². The molecule has 0 bridgehead atoms. The fourth-order valence-electron chi connectivity index (χ4n) is 1.17. The van der Waals surface area contributed by atoms with Crippen LogP contribution in [0.3, 0.4) is 0 Å². The van der Waals surface area contributed by atoms with E-state index in [9.17, 15) is 8.78 Å². The predicted molar refractivity (Wildman–Crippen MR) is 53.6 cm³/mol. The Morgan fingerprint density at radius 2 is 1.93 bits per heavy atom. The third kappa shape index (κ3) is 2.96. The number of halogens is 2. The fraction of sp³-hybridized carbons (Fsp3) is 0.400. The summed E-state index contributed by atoms with van der Waals surface area (Å²) in [6.07, 6.45) is -1.05. The van der Waals surface area contributed by atoms with Crippen LogP contribution in [0.15, 0.2) is 24.3 Å². The van der Waals surface area contributed by atoms with Crippen molar-refractivity contribution in [1.82, 2.24) is 0 Å². The van der Waals surface area contributed by atoms with E-state index < -0.39 is 6.17 Å². The van der Waals surface area contributed by atoms with E-state index in [1.54, 1.807) is 24.1 Å². The number of nitrogens with two attached hydrogens (primary N) is 1. The summed E-state index contributed by atoms with van der Waals surface area (Å²) in [5.74, 6) is -0.294. The van der Waals surface area contributed by atoms with Gasteiger partial charge in [0.2, 0.25) is 0 Å². The molecule has 0 aromatic heterocycles. The van der Waals surface area contributed by atoms with Crippen LogP contribution in [0.1, 0.15) is 0 Å². The van der Waals surface area contributed by atoms with Gasteiger partial charge >= 0.3 is 0 Å². The second kappa shape index (κ2) is 4.91. The lowest BCUT2D eigenvalue weighted by Gasteiger charge is -2.20. The Morgan fingerprint density at radius 3 is 2.43 bits per heavy atom. The molecule has 78 valence electrons. The molecule has 1 unspecified atom stereocenters. The summed E-state index contributed by atoms with van der Waals surface area (Å²) in [6, 6.07) is 5.92. The van der Waals surface area contributed by atoms with Crippen molar-refractivity contribution < 1.29 is 8.78 Å². The molecule has 0 amide bonds. The van der Waals surface area contributed by atoms with Crippen LogP contribution in [0.25, 0.3) is 0 Å². The average molecular weight is 200 g/mol. The third-order valence-corrected chi connectivity index (χ3v) is 2.00. The van der Waals surface area contributed by atoms with Gasteiger partial charge in [0.25, 0.3) is 0 Å². The molecule has 14 heavy (non-hydrogen) atoms. The molecule has 4 heteroatoms. The van der Waals surface area contributed by atoms with Crippen LogP contribution in [0, 0.1) is 5.82 Å². The van der Waals surface area contributed by atoms with Gasteiger partial charge in [-0.15, -0.1) is 0 Å². The Hall–Kier alpha value is -1.16. The lowest BCUT2D eigenvalue weighted by Crippen LogP contribution is -2.31. The number of alkyl halides is 1. The van der Waals surface area contributed by atoms with Crippen molar-refractivity contribution >= 4 is 5.69 Å². The molecule has 0 spiro atoms. The molecule has 0 aliphatic carbocycles. The van der Waals surface area contributed by atoms with Crippen LogP contribution in [-0.4, -0.2) is 26.3 Å². The molecule has 0 aliphatic rings. The van der Waals surface area contributed by atoms with E-state index in [2.05, 4.69) is 0 Å². The van der Waals surface area contributed by atoms with Crippen molar-refractivity contribution in [2.24, 2.45) is 5.73 Å². The molecule has 1 aromatic rings. The van der Waals surface area contributed by atoms with E-state index in [0.717, 1.165) is 5.69 Å². The molecule has 1 aromatic carbocycles. The smallest absolute Gasteiger partial charge is 0.130 e. The van der Waals surface area contributed by atoms with Gasteiger partial charge in [-0.25, -0.2) is 8.78 Å². The number of rotatable bonds is 4. The highest BCUT2D eigenvalue weighted by Gasteiger charge is 2.08. The Balaban J connectivity index is 2.60. The standard InChI is InChI=1S/C10H14F2N2/c1-14(7-9(12)6-13)10-4-2-8(11)3-5-10/h2-5,9H,6-7,13H2,1H3. The molecular formula is C10H14F2N2. The first-order chi connectivity index (χ1) is 6.63. The summed E-state index contributed by atoms with van der Waals surface area (Å²) >= 11 is 0. The lowest BCUT2D eigenvalue weighted by atomic mass is 10.2. The van der Waals surface area contributed by atoms with Gasteiger partial charge in [0, 0.05) is 19.3 Å². The molecule has 1 atom stereocenters. The first-order valence-corrected chi connectivity index (χ1v) is 4.44. The van der Waals surface area contributed by atoms with Crippen LogP contribution in [0.2, 0.25) is 0 Å². The zero-order chi connectivity index (χ0) is 10.6. The maximum atomic E-state index is 12.9. The first kappa shape index (κ1) is 10.9. The maximum Gasteiger partial charge on any atom is 0.130 e. The first-order valence-electron chi connectivity index (χ1n) is 4.44. The van der Waals surface area contributed by atoms with E-state index in [1.165, 1.54) is 12.1 Å². The van der Waals surface area contributed by atoms with Crippen LogP contribution in [0.5, 0.6) is 0 Å². The summed E-state index contributed by atoms with van der Waals surface area (Å²) in [5, 5.41) is 0. The summed E-state index contributed by atoms with van der Waals surface area (Å²) in [6.45, 7) is 0.230. The fourth-order valence-corrected chi connectivity index (χ4v) is 1.17. The number of hydrogen-bond donors (Lipinski definition) is 1. The molecular weight excluding hydrogens is 186 g/mol. The summed E-state index contributed by atoms with van der Waals surface area (Å²) in [4.78, 5) is 1.71. The molecule has 0 saturated heterocycles. The highest BCUT2D eigenvalue weighted by molar-refractivity contribution is 5.45. The maximum absolute atomic E-state index is 12.9. The number of nitrogens with zero attached hydrogens (tertiary/aromatic N) is 1. The highest BCUT2D eigenvalue weighted by atomic mass is 19.1. The van der Waals surface area contributed by atoms with E-state index in [1.807, 2.05) is 0 Å². The normalized spacial score (nSPS) is 12.6. The Morgan fingerprint density at radius 1 is 1.36 bits per heavy atom. The topological polar surface area (TPSA) is 29.3 Å². The summed E-state index contributed by atoms with van der Waals surface area (Å²) in [5.41, 5.74) is 5.94. The van der Waals surface area contributed by atoms with E-state index in [0.29, 0.717) is 0 Å². The SMILES string of the molecule is CN(CC(F)CN)c1ccc(F)cc1. The van der Waals surface area contributed by atoms with Crippen LogP contribution in [0.4, 0.5) is 14.5 Å². The van der Waals surface area contributed by atoms with Crippen LogP contribution >= 0.6 is 0 Å². The molecule has 0 heterocycles. The largest absolute Gasteiger partial charge is 0.372 e. The van der Waals surface area contributed by atoms with Crippen molar-refractivity contribution in [1.29, 1.82) is 0 Å². The average Bonchev–Trinajstić information content (AvgIpc) is 2.18. The Kier molecular flexibility index (Phi) is 3.83. The van der Waals surface area contributed by atoms with E-state index in [-0.39, 0.29) is 18.9 Å². The minimum atomic E-state index is -1.05. The van der Waals surface area contributed by atoms with Gasteiger partial charge in [0.1, 0.15) is 12.0 Å². The minimum Gasteiger partial charge on any atom is -0.372 e. The zero-order valence-corrected chi connectivity index (χ0v) is 8.08. The van der Waals surface area contributed by atoms with Gasteiger partial charge in [0.15, 0.2) is 0 Å². The van der Waals surface area contributed by atoms with Crippen LogP contribution < -0.4 is 10.6 Å². The van der Waals surface area contributed by atoms with E-state index in [4.69, 9.17) is 5.73 Å². The third-order valence-electron chi connectivity index (χ3n) is 2.00. The number of anilines is 1. The van der Waals surface area contributed by atoms with Crippen molar-refractivity contribution in [3.05, 3.63) is 30.1 Å². The van der Waals surface area contributed by atoms with Gasteiger partial charge in [-0.3, -0.25) is 0 Å². The molecule has 0 saturated carbocycles. The zero-order valence-electron chi connectivity index (χ0n) is 8.08. The molecule has 2 N–H and O–H groups in total. The summed E-state index contributed by atoms with van der Waals surface area (Å²) in [7, 11) is 1.75. The Bertz CT molecular complexity index is 274. The second-order valence-electron chi connectivity index (χ2n) is 3.19.